The summed E-state index contributed by atoms with van der Waals surface area (Å²) in [6, 6.07) is 26.8. The zero-order valence-electron chi connectivity index (χ0n) is 11.5. The van der Waals surface area contributed by atoms with Crippen molar-refractivity contribution in [1.82, 2.24) is 0 Å². The van der Waals surface area contributed by atoms with Gasteiger partial charge in [-0.2, -0.15) is 0 Å². The van der Waals surface area contributed by atoms with Crippen molar-refractivity contribution >= 4 is 17.1 Å². The van der Waals surface area contributed by atoms with Gasteiger partial charge < -0.3 is 0 Å². The predicted octanol–water partition coefficient (Wildman–Crippen LogP) is 5.10. The van der Waals surface area contributed by atoms with E-state index in [9.17, 15) is 0 Å². The second-order valence-electron chi connectivity index (χ2n) is 5.03. The molecule has 1 heteroatoms. The van der Waals surface area contributed by atoms with E-state index >= 15 is 0 Å². The minimum absolute atomic E-state index is 0.923. The second-order valence-corrected chi connectivity index (χ2v) is 5.03. The molecule has 0 fully saturated rings. The first-order valence-electron chi connectivity index (χ1n) is 7.01. The molecule has 0 bridgehead atoms. The first-order chi connectivity index (χ1) is 10.4. The molecular weight excluding hydrogens is 254 g/mol. The van der Waals surface area contributed by atoms with E-state index in [1.807, 2.05) is 30.3 Å². The summed E-state index contributed by atoms with van der Waals surface area (Å²) in [6.07, 6.45) is 0. The second kappa shape index (κ2) is 4.90. The van der Waals surface area contributed by atoms with E-state index in [1.165, 1.54) is 22.3 Å². The van der Waals surface area contributed by atoms with Crippen LogP contribution in [0.5, 0.6) is 0 Å². The number of aliphatic imine (C=N–C) groups is 1. The molecule has 0 aliphatic heterocycles. The molecule has 0 N–H and O–H groups in total. The van der Waals surface area contributed by atoms with Crippen molar-refractivity contribution in [3.8, 4) is 11.1 Å². The van der Waals surface area contributed by atoms with E-state index < -0.39 is 0 Å². The SMILES string of the molecule is C(=Nc1ccccc1)=C1c2ccccc2-c2ccccc21. The van der Waals surface area contributed by atoms with Crippen molar-refractivity contribution < 1.29 is 0 Å². The predicted molar refractivity (Wildman–Crippen MR) is 87.9 cm³/mol. The van der Waals surface area contributed by atoms with Crippen molar-refractivity contribution in [2.24, 2.45) is 4.99 Å². The molecule has 0 amide bonds. The molecule has 1 aliphatic rings. The van der Waals surface area contributed by atoms with Crippen molar-refractivity contribution in [2.45, 2.75) is 0 Å². The molecule has 98 valence electrons. The van der Waals surface area contributed by atoms with Crippen LogP contribution in [0.2, 0.25) is 0 Å². The zero-order valence-corrected chi connectivity index (χ0v) is 11.5. The van der Waals surface area contributed by atoms with Crippen molar-refractivity contribution in [3.05, 3.63) is 90.0 Å². The Morgan fingerprint density at radius 1 is 0.524 bits per heavy atom. The number of hydrogen-bond acceptors (Lipinski definition) is 1. The number of rotatable bonds is 1. The highest BCUT2D eigenvalue weighted by molar-refractivity contribution is 6.11. The molecule has 0 atom stereocenters. The van der Waals surface area contributed by atoms with Crippen LogP contribution >= 0.6 is 0 Å². The smallest absolute Gasteiger partial charge is 0.0729 e. The monoisotopic (exact) mass is 267 g/mol. The number of benzene rings is 3. The van der Waals surface area contributed by atoms with E-state index in [-0.39, 0.29) is 0 Å². The fraction of sp³-hybridized carbons (Fsp3) is 0. The molecule has 3 aromatic rings. The molecular formula is C20H13N. The minimum Gasteiger partial charge on any atom is -0.206 e. The normalized spacial score (nSPS) is 11.5. The van der Waals surface area contributed by atoms with Gasteiger partial charge in [0.15, 0.2) is 0 Å². The van der Waals surface area contributed by atoms with Gasteiger partial charge in [0, 0.05) is 0 Å². The summed E-state index contributed by atoms with van der Waals surface area (Å²) in [5.74, 6) is 3.25. The molecule has 4 rings (SSSR count). The van der Waals surface area contributed by atoms with Crippen LogP contribution in [0.25, 0.3) is 16.7 Å². The maximum atomic E-state index is 4.50. The molecule has 0 unspecified atom stereocenters. The average Bonchev–Trinajstić information content (AvgIpc) is 2.88. The topological polar surface area (TPSA) is 12.4 Å². The lowest BCUT2D eigenvalue weighted by Crippen LogP contribution is -1.81. The Kier molecular flexibility index (Phi) is 2.77. The van der Waals surface area contributed by atoms with Crippen molar-refractivity contribution in [2.75, 3.05) is 0 Å². The molecule has 0 aromatic heterocycles. The third-order valence-electron chi connectivity index (χ3n) is 3.74. The number of fused-ring (bicyclic) bond motifs is 3. The zero-order chi connectivity index (χ0) is 14.1. The molecule has 1 nitrogen and oxygen atoms in total. The Hall–Kier alpha value is -2.89. The van der Waals surface area contributed by atoms with Crippen LogP contribution in [0.4, 0.5) is 5.69 Å². The van der Waals surface area contributed by atoms with E-state index in [2.05, 4.69) is 59.4 Å². The lowest BCUT2D eigenvalue weighted by molar-refractivity contribution is 1.54. The number of para-hydroxylation sites is 1. The van der Waals surface area contributed by atoms with Gasteiger partial charge >= 0.3 is 0 Å². The van der Waals surface area contributed by atoms with Crippen LogP contribution in [-0.4, -0.2) is 5.87 Å². The highest BCUT2D eigenvalue weighted by atomic mass is 14.7. The molecule has 0 saturated heterocycles. The Bertz CT molecular complexity index is 822. The maximum Gasteiger partial charge on any atom is 0.0729 e. The van der Waals surface area contributed by atoms with E-state index in [0.29, 0.717) is 0 Å². The molecule has 0 heterocycles. The van der Waals surface area contributed by atoms with Gasteiger partial charge in [-0.1, -0.05) is 66.7 Å². The summed E-state index contributed by atoms with van der Waals surface area (Å²) in [7, 11) is 0. The average molecular weight is 267 g/mol. The summed E-state index contributed by atoms with van der Waals surface area (Å²) >= 11 is 0. The van der Waals surface area contributed by atoms with Gasteiger partial charge in [0.1, 0.15) is 0 Å². The van der Waals surface area contributed by atoms with Crippen LogP contribution < -0.4 is 0 Å². The Balaban J connectivity index is 1.95. The Morgan fingerprint density at radius 3 is 1.57 bits per heavy atom. The molecule has 1 aliphatic carbocycles. The van der Waals surface area contributed by atoms with Crippen LogP contribution in [0.1, 0.15) is 11.1 Å². The van der Waals surface area contributed by atoms with Crippen molar-refractivity contribution in [1.29, 1.82) is 0 Å². The fourth-order valence-electron chi connectivity index (χ4n) is 2.76. The van der Waals surface area contributed by atoms with Gasteiger partial charge in [0.2, 0.25) is 0 Å². The van der Waals surface area contributed by atoms with Gasteiger partial charge in [0.25, 0.3) is 0 Å². The summed E-state index contributed by atoms with van der Waals surface area (Å²) in [6.45, 7) is 0. The molecule has 0 radical (unpaired) electrons. The maximum absolute atomic E-state index is 4.50. The third kappa shape index (κ3) is 2.01. The van der Waals surface area contributed by atoms with Crippen LogP contribution in [0.15, 0.2) is 83.9 Å². The lowest BCUT2D eigenvalue weighted by Gasteiger charge is -1.97. The highest BCUT2D eigenvalue weighted by Crippen LogP contribution is 2.42. The molecule has 3 aromatic carbocycles. The van der Waals surface area contributed by atoms with E-state index in [1.54, 1.807) is 0 Å². The van der Waals surface area contributed by atoms with Crippen LogP contribution in [0, 0.1) is 0 Å². The van der Waals surface area contributed by atoms with Gasteiger partial charge in [-0.15, -0.1) is 0 Å². The molecule has 0 saturated carbocycles. The fourth-order valence-corrected chi connectivity index (χ4v) is 2.76. The van der Waals surface area contributed by atoms with E-state index in [0.717, 1.165) is 11.3 Å². The minimum atomic E-state index is 0.923. The van der Waals surface area contributed by atoms with Crippen molar-refractivity contribution in [3.63, 3.8) is 0 Å². The van der Waals surface area contributed by atoms with E-state index in [4.69, 9.17) is 0 Å². The Morgan fingerprint density at radius 2 is 1.00 bits per heavy atom. The Labute approximate surface area is 123 Å². The number of nitrogens with zero attached hydrogens (tertiary/aromatic N) is 1. The van der Waals surface area contributed by atoms with Gasteiger partial charge in [-0.05, 0) is 40.3 Å². The molecule has 0 spiro atoms. The van der Waals surface area contributed by atoms with Gasteiger partial charge in [0.05, 0.1) is 11.3 Å². The van der Waals surface area contributed by atoms with Crippen LogP contribution in [0.3, 0.4) is 0 Å². The summed E-state index contributed by atoms with van der Waals surface area (Å²) in [4.78, 5) is 4.50. The van der Waals surface area contributed by atoms with Crippen LogP contribution in [-0.2, 0) is 0 Å². The largest absolute Gasteiger partial charge is 0.206 e. The number of hydrogen-bond donors (Lipinski definition) is 0. The first-order valence-corrected chi connectivity index (χ1v) is 7.01. The quantitative estimate of drug-likeness (QED) is 0.425. The summed E-state index contributed by atoms with van der Waals surface area (Å²) in [5, 5.41) is 0. The van der Waals surface area contributed by atoms with Gasteiger partial charge in [-0.25, -0.2) is 4.99 Å². The molecule has 21 heavy (non-hydrogen) atoms. The lowest BCUT2D eigenvalue weighted by atomic mass is 10.1. The summed E-state index contributed by atoms with van der Waals surface area (Å²) < 4.78 is 0. The van der Waals surface area contributed by atoms with Gasteiger partial charge in [-0.3, -0.25) is 0 Å². The standard InChI is InChI=1S/C20H13N/c1-2-8-15(9-3-1)21-14-20-18-12-6-4-10-16(18)17-11-5-7-13-19(17)20/h1-13H. The highest BCUT2D eigenvalue weighted by Gasteiger charge is 2.22. The first kappa shape index (κ1) is 11.9. The summed E-state index contributed by atoms with van der Waals surface area (Å²) in [5.41, 5.74) is 6.94. The third-order valence-corrected chi connectivity index (χ3v) is 3.74.